The molecule has 0 aliphatic carbocycles. The number of nitrogens with zero attached hydrogens (tertiary/aromatic N) is 3. The summed E-state index contributed by atoms with van der Waals surface area (Å²) in [5.41, 5.74) is 2.61. The van der Waals surface area contributed by atoms with Gasteiger partial charge in [0.25, 0.3) is 16.5 Å². The van der Waals surface area contributed by atoms with Crippen LogP contribution in [0, 0.1) is 0 Å². The predicted molar refractivity (Wildman–Crippen MR) is 121 cm³/mol. The highest BCUT2D eigenvalue weighted by Crippen LogP contribution is 2.33. The summed E-state index contributed by atoms with van der Waals surface area (Å²) in [5.74, 6) is 0.326. The van der Waals surface area contributed by atoms with Gasteiger partial charge in [0.2, 0.25) is 0 Å². The zero-order valence-electron chi connectivity index (χ0n) is 18.2. The molecular weight excluding hydrogens is 446 g/mol. The highest BCUT2D eigenvalue weighted by Gasteiger charge is 2.30. The van der Waals surface area contributed by atoms with Crippen LogP contribution in [-0.4, -0.2) is 65.9 Å². The fraction of sp³-hybridized carbons (Fsp3) is 0.348. The molecule has 0 spiro atoms. The van der Waals surface area contributed by atoms with E-state index < -0.39 is 10.0 Å². The van der Waals surface area contributed by atoms with E-state index in [1.54, 1.807) is 42.7 Å². The maximum absolute atomic E-state index is 13.7. The second kappa shape index (κ2) is 9.32. The van der Waals surface area contributed by atoms with Gasteiger partial charge in [0, 0.05) is 30.4 Å². The normalized spacial score (nSPS) is 18.3. The second-order valence-corrected chi connectivity index (χ2v) is 9.93. The predicted octanol–water partition coefficient (Wildman–Crippen LogP) is 2.11. The van der Waals surface area contributed by atoms with Crippen molar-refractivity contribution >= 4 is 33.3 Å². The lowest BCUT2D eigenvalue weighted by atomic mass is 10.1. The zero-order valence-corrected chi connectivity index (χ0v) is 19.0. The van der Waals surface area contributed by atoms with Crippen molar-refractivity contribution < 1.29 is 27.9 Å². The summed E-state index contributed by atoms with van der Waals surface area (Å²) >= 11 is 0. The van der Waals surface area contributed by atoms with Gasteiger partial charge in [-0.15, -0.1) is 0 Å². The molecule has 0 saturated carbocycles. The molecule has 1 atom stereocenters. The minimum Gasteiger partial charge on any atom is -0.485 e. The van der Waals surface area contributed by atoms with Crippen molar-refractivity contribution in [3.05, 3.63) is 53.9 Å². The van der Waals surface area contributed by atoms with Crippen molar-refractivity contribution in [3.8, 4) is 5.75 Å². The van der Waals surface area contributed by atoms with Gasteiger partial charge in [-0.2, -0.15) is 0 Å². The Kier molecular flexibility index (Phi) is 6.48. The summed E-state index contributed by atoms with van der Waals surface area (Å²) in [7, 11) is -1.82. The van der Waals surface area contributed by atoms with Crippen molar-refractivity contribution in [2.75, 3.05) is 20.2 Å². The smallest absolute Gasteiger partial charge is 0.290 e. The van der Waals surface area contributed by atoms with Crippen molar-refractivity contribution in [2.45, 2.75) is 36.6 Å². The van der Waals surface area contributed by atoms with Gasteiger partial charge in [-0.25, -0.2) is 12.4 Å². The van der Waals surface area contributed by atoms with Gasteiger partial charge in [-0.1, -0.05) is 6.07 Å². The molecule has 1 N–H and O–H groups in total. The van der Waals surface area contributed by atoms with Gasteiger partial charge in [0.05, 0.1) is 15.9 Å². The molecule has 4 heterocycles. The fourth-order valence-electron chi connectivity index (χ4n) is 4.54. The highest BCUT2D eigenvalue weighted by molar-refractivity contribution is 7.90. The monoisotopic (exact) mass is 471 g/mol. The van der Waals surface area contributed by atoms with Crippen LogP contribution in [0.2, 0.25) is 0 Å². The molecule has 2 aromatic heterocycles. The van der Waals surface area contributed by atoms with Crippen LogP contribution < -0.4 is 4.74 Å². The Hall–Kier alpha value is -3.24. The minimum atomic E-state index is -3.93. The van der Waals surface area contributed by atoms with Crippen LogP contribution in [0.3, 0.4) is 0 Å². The lowest BCUT2D eigenvalue weighted by Gasteiger charge is -2.20. The number of likely N-dealkylation sites (N-methyl/N-ethyl adjacent to an activating group) is 1. The van der Waals surface area contributed by atoms with Gasteiger partial charge in [-0.05, 0) is 62.7 Å². The average Bonchev–Trinajstić information content (AvgIpc) is 3.38. The molecule has 33 heavy (non-hydrogen) atoms. The number of rotatable bonds is 4. The molecule has 10 heteroatoms. The number of benzene rings is 1. The SMILES string of the molecule is CN1CCC[C@@H]1Cc1cn(S(=O)(=O)c2cccc3c2CC(=O)CO3)c2cccnc12.O=CO. The summed E-state index contributed by atoms with van der Waals surface area (Å²) in [6.07, 6.45) is 6.44. The van der Waals surface area contributed by atoms with E-state index in [2.05, 4.69) is 16.9 Å². The Balaban J connectivity index is 0.000000821. The number of carboxylic acid groups (broad SMARTS) is 1. The molecule has 0 radical (unpaired) electrons. The Morgan fingerprint density at radius 2 is 2.06 bits per heavy atom. The number of likely N-dealkylation sites (tertiary alicyclic amines) is 1. The van der Waals surface area contributed by atoms with Crippen molar-refractivity contribution in [3.63, 3.8) is 0 Å². The van der Waals surface area contributed by atoms with Crippen molar-refractivity contribution in [2.24, 2.45) is 0 Å². The number of carbonyl (C=O) groups is 2. The van der Waals surface area contributed by atoms with E-state index in [4.69, 9.17) is 14.6 Å². The average molecular weight is 472 g/mol. The molecule has 1 aromatic carbocycles. The molecule has 0 unspecified atom stereocenters. The zero-order chi connectivity index (χ0) is 23.6. The molecule has 1 fully saturated rings. The molecule has 174 valence electrons. The number of pyridine rings is 1. The van der Waals surface area contributed by atoms with Crippen LogP contribution in [0.5, 0.6) is 5.75 Å². The molecule has 2 aliphatic rings. The third-order valence-corrected chi connectivity index (χ3v) is 7.88. The number of carbonyl (C=O) groups excluding carboxylic acids is 1. The molecule has 1 saturated heterocycles. The number of Topliss-reactive ketones (excluding diaryl/α,β-unsaturated/α-hetero) is 1. The minimum absolute atomic E-state index is 0.0219. The first kappa shape index (κ1) is 22.9. The van der Waals surface area contributed by atoms with Gasteiger partial charge >= 0.3 is 0 Å². The summed E-state index contributed by atoms with van der Waals surface area (Å²) in [6.45, 7) is 0.783. The van der Waals surface area contributed by atoms with Crippen LogP contribution >= 0.6 is 0 Å². The van der Waals surface area contributed by atoms with E-state index in [0.717, 1.165) is 31.4 Å². The van der Waals surface area contributed by atoms with E-state index in [1.807, 2.05) is 0 Å². The van der Waals surface area contributed by atoms with Gasteiger partial charge < -0.3 is 14.7 Å². The number of aromatic nitrogens is 2. The Morgan fingerprint density at radius 1 is 1.27 bits per heavy atom. The second-order valence-electron chi connectivity index (χ2n) is 8.15. The maximum Gasteiger partial charge on any atom is 0.290 e. The first-order chi connectivity index (χ1) is 15.9. The maximum atomic E-state index is 13.7. The lowest BCUT2D eigenvalue weighted by Crippen LogP contribution is -2.26. The van der Waals surface area contributed by atoms with E-state index in [-0.39, 0.29) is 30.2 Å². The molecule has 5 rings (SSSR count). The Morgan fingerprint density at radius 3 is 2.79 bits per heavy atom. The number of ether oxygens (including phenoxy) is 1. The molecular formula is C23H25N3O6S. The molecule has 2 aliphatic heterocycles. The summed E-state index contributed by atoms with van der Waals surface area (Å²) in [4.78, 5) is 27.2. The standard InChI is InChI=1S/C22H23N3O4S.CH2O2/c1-24-10-4-5-16(24)11-15-13-25(19-6-3-9-23-22(15)19)30(27,28)21-8-2-7-20-18(21)12-17(26)14-29-20;2-1-3/h2-3,6-9,13,16H,4-5,10-12,14H2,1H3;1H,(H,2,3)/t16-;/m1./s1. The largest absolute Gasteiger partial charge is 0.485 e. The Labute approximate surface area is 191 Å². The van der Waals surface area contributed by atoms with Crippen LogP contribution in [-0.2, 0) is 32.5 Å². The van der Waals surface area contributed by atoms with Crippen LogP contribution in [0.25, 0.3) is 11.0 Å². The third kappa shape index (κ3) is 4.36. The highest BCUT2D eigenvalue weighted by atomic mass is 32.2. The van der Waals surface area contributed by atoms with Gasteiger partial charge in [0.15, 0.2) is 5.78 Å². The molecule has 3 aromatic rings. The number of hydrogen-bond acceptors (Lipinski definition) is 7. The summed E-state index contributed by atoms with van der Waals surface area (Å²) in [5, 5.41) is 6.89. The van der Waals surface area contributed by atoms with Crippen LogP contribution in [0.15, 0.2) is 47.6 Å². The summed E-state index contributed by atoms with van der Waals surface area (Å²) in [6, 6.07) is 8.80. The van der Waals surface area contributed by atoms with Crippen molar-refractivity contribution in [1.29, 1.82) is 0 Å². The number of hydrogen-bond donors (Lipinski definition) is 1. The summed E-state index contributed by atoms with van der Waals surface area (Å²) < 4.78 is 34.2. The first-order valence-corrected chi connectivity index (χ1v) is 12.1. The van der Waals surface area contributed by atoms with Crippen LogP contribution in [0.4, 0.5) is 0 Å². The first-order valence-electron chi connectivity index (χ1n) is 10.6. The van der Waals surface area contributed by atoms with Crippen molar-refractivity contribution in [1.82, 2.24) is 13.9 Å². The van der Waals surface area contributed by atoms with E-state index >= 15 is 0 Å². The topological polar surface area (TPSA) is 119 Å². The lowest BCUT2D eigenvalue weighted by molar-refractivity contribution is -0.123. The van der Waals surface area contributed by atoms with Crippen LogP contribution in [0.1, 0.15) is 24.0 Å². The number of ketones is 1. The molecule has 0 bridgehead atoms. The molecule has 0 amide bonds. The fourth-order valence-corrected chi connectivity index (χ4v) is 6.16. The van der Waals surface area contributed by atoms with Gasteiger partial charge in [-0.3, -0.25) is 14.6 Å². The van der Waals surface area contributed by atoms with E-state index in [9.17, 15) is 13.2 Å². The van der Waals surface area contributed by atoms with Gasteiger partial charge in [0.1, 0.15) is 12.4 Å². The Bertz CT molecular complexity index is 1300. The third-order valence-electron chi connectivity index (χ3n) is 6.12. The quantitative estimate of drug-likeness (QED) is 0.575. The van der Waals surface area contributed by atoms with E-state index in [1.165, 1.54) is 3.97 Å². The van der Waals surface area contributed by atoms with E-state index in [0.29, 0.717) is 28.4 Å². The number of fused-ring (bicyclic) bond motifs is 2. The molecule has 9 nitrogen and oxygen atoms in total.